The first-order chi connectivity index (χ1) is 7.15. The van der Waals surface area contributed by atoms with Gasteiger partial charge in [0, 0.05) is 12.0 Å². The maximum absolute atomic E-state index is 11.2. The van der Waals surface area contributed by atoms with Gasteiger partial charge in [-0.3, -0.25) is 4.79 Å². The van der Waals surface area contributed by atoms with E-state index in [0.29, 0.717) is 18.5 Å². The number of allylic oxidation sites excluding steroid dienone is 1. The summed E-state index contributed by atoms with van der Waals surface area (Å²) in [6.45, 7) is 9.32. The van der Waals surface area contributed by atoms with Crippen molar-refractivity contribution in [3.05, 3.63) is 42.5 Å². The third kappa shape index (κ3) is 3.09. The number of nitrogens with one attached hydrogen (secondary N) is 2. The summed E-state index contributed by atoms with van der Waals surface area (Å²) in [6.07, 6.45) is 4.09. The van der Waals surface area contributed by atoms with Gasteiger partial charge in [-0.15, -0.1) is 6.58 Å². The Hall–Kier alpha value is -1.84. The lowest BCUT2D eigenvalue weighted by Crippen LogP contribution is -2.23. The molecule has 4 nitrogen and oxygen atoms in total. The number of carbonyl (C=O) groups excluding carboxylic acids is 1. The van der Waals surface area contributed by atoms with E-state index in [0.717, 1.165) is 11.4 Å². The van der Waals surface area contributed by atoms with Crippen molar-refractivity contribution in [2.45, 2.75) is 19.9 Å². The van der Waals surface area contributed by atoms with Crippen LogP contribution in [0.15, 0.2) is 31.1 Å². The first-order valence-corrected chi connectivity index (χ1v) is 4.71. The number of hydrogen-bond acceptors (Lipinski definition) is 2. The molecule has 2 N–H and O–H groups in total. The molecule has 1 rings (SSSR count). The molecule has 4 heteroatoms. The molecule has 1 aromatic rings. The highest BCUT2D eigenvalue weighted by molar-refractivity contribution is 5.91. The van der Waals surface area contributed by atoms with Crippen LogP contribution in [0.5, 0.6) is 0 Å². The predicted molar refractivity (Wildman–Crippen MR) is 59.1 cm³/mol. The van der Waals surface area contributed by atoms with Gasteiger partial charge in [0.1, 0.15) is 0 Å². The Labute approximate surface area is 89.1 Å². The average Bonchev–Trinajstić information content (AvgIpc) is 2.62. The van der Waals surface area contributed by atoms with Crippen LogP contribution in [0.3, 0.4) is 0 Å². The third-order valence-electron chi connectivity index (χ3n) is 1.96. The van der Waals surface area contributed by atoms with Crippen molar-refractivity contribution < 1.29 is 4.79 Å². The summed E-state index contributed by atoms with van der Waals surface area (Å²) in [4.78, 5) is 18.4. The number of nitrogens with zero attached hydrogens (tertiary/aromatic N) is 1. The summed E-state index contributed by atoms with van der Waals surface area (Å²) in [5.41, 5.74) is 2.32. The molecule has 0 aromatic carbocycles. The van der Waals surface area contributed by atoms with Crippen LogP contribution in [0.4, 0.5) is 0 Å². The van der Waals surface area contributed by atoms with Gasteiger partial charge in [0.2, 0.25) is 5.91 Å². The van der Waals surface area contributed by atoms with Gasteiger partial charge in [-0.05, 0) is 6.92 Å². The minimum atomic E-state index is -0.144. The molecule has 0 spiro atoms. The van der Waals surface area contributed by atoms with Crippen LogP contribution in [0.25, 0.3) is 0 Å². The summed E-state index contributed by atoms with van der Waals surface area (Å²) in [5, 5.41) is 2.74. The molecule has 0 radical (unpaired) electrons. The van der Waals surface area contributed by atoms with Gasteiger partial charge in [-0.25, -0.2) is 4.98 Å². The van der Waals surface area contributed by atoms with Crippen molar-refractivity contribution >= 4 is 5.91 Å². The minimum Gasteiger partial charge on any atom is -0.347 e. The number of hydrogen-bond donors (Lipinski definition) is 2. The van der Waals surface area contributed by atoms with E-state index in [9.17, 15) is 4.79 Å². The van der Waals surface area contributed by atoms with E-state index in [2.05, 4.69) is 28.4 Å². The molecule has 0 aliphatic heterocycles. The highest BCUT2D eigenvalue weighted by Crippen LogP contribution is 2.03. The maximum atomic E-state index is 11.2. The topological polar surface area (TPSA) is 57.8 Å². The van der Waals surface area contributed by atoms with Crippen molar-refractivity contribution in [1.82, 2.24) is 15.3 Å². The zero-order chi connectivity index (χ0) is 11.3. The fourth-order valence-electron chi connectivity index (χ4n) is 1.13. The highest BCUT2D eigenvalue weighted by Gasteiger charge is 2.06. The molecule has 0 aliphatic carbocycles. The van der Waals surface area contributed by atoms with E-state index in [1.165, 1.54) is 0 Å². The summed E-state index contributed by atoms with van der Waals surface area (Å²) in [5.74, 6) is -0.144. The van der Waals surface area contributed by atoms with Crippen molar-refractivity contribution in [3.8, 4) is 0 Å². The molecule has 0 saturated heterocycles. The van der Waals surface area contributed by atoms with Crippen LogP contribution in [0, 0.1) is 0 Å². The molecule has 1 heterocycles. The number of aromatic nitrogens is 2. The molecular weight excluding hydrogens is 190 g/mol. The van der Waals surface area contributed by atoms with Gasteiger partial charge in [-0.2, -0.15) is 0 Å². The molecule has 0 atom stereocenters. The molecule has 15 heavy (non-hydrogen) atoms. The standard InChI is InChI=1S/C11H15N3O/c1-4-5-9-10(14-7-13-9)6-12-11(15)8(2)3/h4,7H,1-2,5-6H2,3H3,(H,12,15)(H,13,14). The number of amides is 1. The zero-order valence-electron chi connectivity index (χ0n) is 8.84. The van der Waals surface area contributed by atoms with E-state index >= 15 is 0 Å². The maximum Gasteiger partial charge on any atom is 0.246 e. The minimum absolute atomic E-state index is 0.144. The number of imidazole rings is 1. The first kappa shape index (κ1) is 11.2. The van der Waals surface area contributed by atoms with Crippen LogP contribution < -0.4 is 5.32 Å². The Bertz CT molecular complexity index is 379. The number of aromatic amines is 1. The molecule has 0 fully saturated rings. The Kier molecular flexibility index (Phi) is 3.85. The smallest absolute Gasteiger partial charge is 0.246 e. The number of H-pyrrole nitrogens is 1. The molecule has 1 aromatic heterocycles. The largest absolute Gasteiger partial charge is 0.347 e. The van der Waals surface area contributed by atoms with Gasteiger partial charge in [0.25, 0.3) is 0 Å². The number of carbonyl (C=O) groups is 1. The quantitative estimate of drug-likeness (QED) is 0.563. The Morgan fingerprint density at radius 2 is 2.47 bits per heavy atom. The molecule has 0 aliphatic rings. The van der Waals surface area contributed by atoms with Crippen LogP contribution in [0.2, 0.25) is 0 Å². The lowest BCUT2D eigenvalue weighted by molar-refractivity contribution is -0.117. The second kappa shape index (κ2) is 5.14. The van der Waals surface area contributed by atoms with E-state index in [1.54, 1.807) is 19.3 Å². The van der Waals surface area contributed by atoms with Crippen molar-refractivity contribution in [1.29, 1.82) is 0 Å². The van der Waals surface area contributed by atoms with Gasteiger partial charge in [0.15, 0.2) is 0 Å². The fourth-order valence-corrected chi connectivity index (χ4v) is 1.13. The summed E-state index contributed by atoms with van der Waals surface area (Å²) in [6, 6.07) is 0. The molecule has 0 unspecified atom stereocenters. The van der Waals surface area contributed by atoms with Crippen LogP contribution >= 0.6 is 0 Å². The normalized spacial score (nSPS) is 9.67. The molecule has 0 saturated carbocycles. The molecule has 0 bridgehead atoms. The van der Waals surface area contributed by atoms with Crippen molar-refractivity contribution in [2.75, 3.05) is 0 Å². The second-order valence-electron chi connectivity index (χ2n) is 3.28. The second-order valence-corrected chi connectivity index (χ2v) is 3.28. The summed E-state index contributed by atoms with van der Waals surface area (Å²) >= 11 is 0. The van der Waals surface area contributed by atoms with E-state index in [4.69, 9.17) is 0 Å². The molecule has 80 valence electrons. The molecular formula is C11H15N3O. The molecule has 1 amide bonds. The van der Waals surface area contributed by atoms with Gasteiger partial charge >= 0.3 is 0 Å². The van der Waals surface area contributed by atoms with Crippen molar-refractivity contribution in [2.24, 2.45) is 0 Å². The van der Waals surface area contributed by atoms with Crippen LogP contribution in [0.1, 0.15) is 18.3 Å². The summed E-state index contributed by atoms with van der Waals surface area (Å²) < 4.78 is 0. The van der Waals surface area contributed by atoms with Gasteiger partial charge < -0.3 is 10.3 Å². The van der Waals surface area contributed by atoms with E-state index in [1.807, 2.05) is 0 Å². The van der Waals surface area contributed by atoms with Gasteiger partial charge in [-0.1, -0.05) is 12.7 Å². The Morgan fingerprint density at radius 3 is 3.07 bits per heavy atom. The fraction of sp³-hybridized carbons (Fsp3) is 0.273. The Morgan fingerprint density at radius 1 is 1.73 bits per heavy atom. The van der Waals surface area contributed by atoms with Gasteiger partial charge in [0.05, 0.1) is 24.3 Å². The summed E-state index contributed by atoms with van der Waals surface area (Å²) in [7, 11) is 0. The monoisotopic (exact) mass is 205 g/mol. The number of rotatable bonds is 5. The zero-order valence-corrected chi connectivity index (χ0v) is 8.84. The van der Waals surface area contributed by atoms with E-state index < -0.39 is 0 Å². The lowest BCUT2D eigenvalue weighted by atomic mass is 10.2. The first-order valence-electron chi connectivity index (χ1n) is 4.71. The lowest BCUT2D eigenvalue weighted by Gasteiger charge is -2.04. The Balaban J connectivity index is 2.57. The van der Waals surface area contributed by atoms with Crippen LogP contribution in [-0.4, -0.2) is 15.9 Å². The SMILES string of the molecule is C=CCc1nc[nH]c1CNC(=O)C(=C)C. The van der Waals surface area contributed by atoms with Crippen molar-refractivity contribution in [3.63, 3.8) is 0 Å². The third-order valence-corrected chi connectivity index (χ3v) is 1.96. The van der Waals surface area contributed by atoms with E-state index in [-0.39, 0.29) is 5.91 Å². The highest BCUT2D eigenvalue weighted by atomic mass is 16.1. The predicted octanol–water partition coefficient (Wildman–Crippen LogP) is 1.33. The average molecular weight is 205 g/mol. The van der Waals surface area contributed by atoms with Crippen LogP contribution in [-0.2, 0) is 17.8 Å².